The molecule has 1 fully saturated rings. The summed E-state index contributed by atoms with van der Waals surface area (Å²) in [6.45, 7) is -1.02. The van der Waals surface area contributed by atoms with Crippen LogP contribution in [0.1, 0.15) is 21.9 Å². The van der Waals surface area contributed by atoms with Crippen LogP contribution in [0.2, 0.25) is 0 Å². The lowest BCUT2D eigenvalue weighted by molar-refractivity contribution is -0.384. The Morgan fingerprint density at radius 3 is 2.69 bits per heavy atom. The molecule has 0 spiro atoms. The van der Waals surface area contributed by atoms with Gasteiger partial charge in [0.05, 0.1) is 18.6 Å². The highest BCUT2D eigenvalue weighted by Crippen LogP contribution is 2.28. The lowest BCUT2D eigenvalue weighted by Gasteiger charge is -2.09. The van der Waals surface area contributed by atoms with Gasteiger partial charge in [0.25, 0.3) is 11.6 Å². The predicted octanol–water partition coefficient (Wildman–Crippen LogP) is 1.53. The van der Waals surface area contributed by atoms with Gasteiger partial charge in [-0.3, -0.25) is 19.8 Å². The largest absolute Gasteiger partial charge is 0.481 e. The minimum Gasteiger partial charge on any atom is -0.481 e. The van der Waals surface area contributed by atoms with Gasteiger partial charge in [0.1, 0.15) is 17.2 Å². The Bertz CT molecular complexity index is 1150. The van der Waals surface area contributed by atoms with Crippen molar-refractivity contribution in [3.05, 3.63) is 63.2 Å². The molecule has 0 radical (unpaired) electrons. The van der Waals surface area contributed by atoms with Crippen molar-refractivity contribution in [2.75, 3.05) is 13.7 Å². The van der Waals surface area contributed by atoms with Crippen molar-refractivity contribution >= 4 is 35.6 Å². The number of nitrogens with one attached hydrogen (secondary N) is 1. The number of nitro groups is 1. The van der Waals surface area contributed by atoms with E-state index in [9.17, 15) is 29.3 Å². The second kappa shape index (κ2) is 8.99. The molecule has 1 aromatic carbocycles. The number of carbonyl (C=O) groups excluding carboxylic acids is 3. The maximum absolute atomic E-state index is 12.7. The number of nitro benzene ring substituents is 1. The van der Waals surface area contributed by atoms with Crippen molar-refractivity contribution in [3.8, 4) is 5.75 Å². The molecule has 1 saturated heterocycles. The van der Waals surface area contributed by atoms with Gasteiger partial charge in [-0.1, -0.05) is 0 Å². The first-order chi connectivity index (χ1) is 15.2. The molecule has 0 saturated carbocycles. The van der Waals surface area contributed by atoms with Crippen molar-refractivity contribution < 1.29 is 43.1 Å². The van der Waals surface area contributed by atoms with Gasteiger partial charge in [0, 0.05) is 17.7 Å². The number of urea groups is 1. The Morgan fingerprint density at radius 1 is 1.28 bits per heavy atom. The summed E-state index contributed by atoms with van der Waals surface area (Å²) in [5.74, 6) is -2.80. The number of hydrogen-bond donors (Lipinski definition) is 2. The van der Waals surface area contributed by atoms with Gasteiger partial charge in [0.15, 0.2) is 6.61 Å². The summed E-state index contributed by atoms with van der Waals surface area (Å²) in [6.07, 6.45) is 1.13. The lowest BCUT2D eigenvalue weighted by Crippen LogP contribution is -2.30. The molecule has 3 rings (SSSR count). The summed E-state index contributed by atoms with van der Waals surface area (Å²) in [5, 5.41) is 22.2. The molecule has 166 valence electrons. The van der Waals surface area contributed by atoms with E-state index in [1.165, 1.54) is 25.3 Å². The van der Waals surface area contributed by atoms with Crippen LogP contribution in [-0.2, 0) is 20.9 Å². The molecule has 1 aliphatic rings. The first kappa shape index (κ1) is 22.0. The smallest absolute Gasteiger partial charge is 0.373 e. The van der Waals surface area contributed by atoms with Crippen molar-refractivity contribution in [3.63, 3.8) is 0 Å². The van der Waals surface area contributed by atoms with Crippen LogP contribution in [-0.4, -0.2) is 52.5 Å². The number of rotatable bonds is 8. The Labute approximate surface area is 179 Å². The second-order valence-corrected chi connectivity index (χ2v) is 6.30. The van der Waals surface area contributed by atoms with E-state index in [0.29, 0.717) is 0 Å². The molecule has 32 heavy (non-hydrogen) atoms. The molecule has 0 aliphatic carbocycles. The van der Waals surface area contributed by atoms with E-state index >= 15 is 0 Å². The monoisotopic (exact) mass is 445 g/mol. The molecule has 3 amide bonds. The molecule has 2 aromatic rings. The van der Waals surface area contributed by atoms with Crippen molar-refractivity contribution in [1.29, 1.82) is 0 Å². The molecule has 2 heterocycles. The fraction of sp³-hybridized carbons (Fsp3) is 0.158. The number of furan rings is 1. The lowest BCUT2D eigenvalue weighted by atomic mass is 10.1. The van der Waals surface area contributed by atoms with Gasteiger partial charge in [0.2, 0.25) is 5.76 Å². The molecule has 1 aromatic heterocycles. The Hall–Kier alpha value is -4.68. The summed E-state index contributed by atoms with van der Waals surface area (Å²) >= 11 is 0. The highest BCUT2D eigenvalue weighted by Gasteiger charge is 2.34. The molecule has 1 aliphatic heterocycles. The van der Waals surface area contributed by atoms with Crippen LogP contribution in [0.4, 0.5) is 10.5 Å². The number of amides is 3. The minimum absolute atomic E-state index is 0.0110. The number of imide groups is 1. The van der Waals surface area contributed by atoms with E-state index in [4.69, 9.17) is 14.3 Å². The normalized spacial score (nSPS) is 14.4. The van der Waals surface area contributed by atoms with Crippen LogP contribution in [0.15, 0.2) is 40.4 Å². The van der Waals surface area contributed by atoms with Crippen LogP contribution in [0, 0.1) is 10.1 Å². The van der Waals surface area contributed by atoms with Crippen LogP contribution in [0.5, 0.6) is 5.75 Å². The minimum atomic E-state index is -1.27. The number of non-ortho nitro benzene ring substituents is 1. The summed E-state index contributed by atoms with van der Waals surface area (Å²) in [5.41, 5.74) is -0.550. The third kappa shape index (κ3) is 4.72. The number of carboxylic acids is 1. The quantitative estimate of drug-likeness (QED) is 0.199. The Kier molecular flexibility index (Phi) is 6.19. The number of hydrogen-bond acceptors (Lipinski definition) is 9. The van der Waals surface area contributed by atoms with E-state index in [2.05, 4.69) is 10.1 Å². The summed E-state index contributed by atoms with van der Waals surface area (Å²) < 4.78 is 14.9. The molecule has 2 N–H and O–H groups in total. The van der Waals surface area contributed by atoms with E-state index in [-0.39, 0.29) is 40.8 Å². The van der Waals surface area contributed by atoms with Gasteiger partial charge in [-0.25, -0.2) is 14.4 Å². The number of benzene rings is 1. The topological polar surface area (TPSA) is 179 Å². The van der Waals surface area contributed by atoms with Crippen LogP contribution < -0.4 is 10.1 Å². The number of nitrogens with zero attached hydrogens (tertiary/aromatic N) is 2. The second-order valence-electron chi connectivity index (χ2n) is 6.30. The molecular formula is C19H15N3O10. The molecule has 13 heteroatoms. The maximum atomic E-state index is 12.7. The highest BCUT2D eigenvalue weighted by molar-refractivity contribution is 6.14. The molecule has 0 atom stereocenters. The molecular weight excluding hydrogens is 430 g/mol. The van der Waals surface area contributed by atoms with E-state index in [1.807, 2.05) is 0 Å². The van der Waals surface area contributed by atoms with Crippen molar-refractivity contribution in [2.45, 2.75) is 6.54 Å². The Morgan fingerprint density at radius 2 is 2.03 bits per heavy atom. The van der Waals surface area contributed by atoms with Crippen molar-refractivity contribution in [1.82, 2.24) is 10.2 Å². The van der Waals surface area contributed by atoms with E-state index in [1.54, 1.807) is 0 Å². The van der Waals surface area contributed by atoms with Gasteiger partial charge in [-0.05, 0) is 24.3 Å². The summed E-state index contributed by atoms with van der Waals surface area (Å²) in [7, 11) is 1.17. The highest BCUT2D eigenvalue weighted by atomic mass is 16.6. The Balaban J connectivity index is 1.86. The first-order valence-electron chi connectivity index (χ1n) is 8.84. The van der Waals surface area contributed by atoms with Crippen LogP contribution >= 0.6 is 0 Å². The average molecular weight is 445 g/mol. The third-order valence-corrected chi connectivity index (χ3v) is 4.18. The van der Waals surface area contributed by atoms with Gasteiger partial charge >= 0.3 is 18.0 Å². The SMILES string of the molecule is COC(=O)c1ccc(CN2C(=O)N/C(=C\c3cc([N+](=O)[O-])ccc3OCC(=O)O)C2=O)o1. The molecule has 0 unspecified atom stereocenters. The predicted molar refractivity (Wildman–Crippen MR) is 103 cm³/mol. The zero-order chi connectivity index (χ0) is 23.4. The standard InChI is InChI=1S/C19H15N3O10/c1-30-18(26)15-5-3-12(32-15)8-21-17(25)13(20-19(21)27)7-10-6-11(22(28)29)2-4-14(10)31-9-16(23)24/h2-7H,8-9H2,1H3,(H,20,27)(H,23,24)/b13-7-. The fourth-order valence-electron chi connectivity index (χ4n) is 2.73. The zero-order valence-electron chi connectivity index (χ0n) is 16.4. The van der Waals surface area contributed by atoms with Gasteiger partial charge < -0.3 is 24.3 Å². The maximum Gasteiger partial charge on any atom is 0.373 e. The fourth-order valence-corrected chi connectivity index (χ4v) is 2.73. The summed E-state index contributed by atoms with van der Waals surface area (Å²) in [6, 6.07) is 5.29. The number of methoxy groups -OCH3 is 1. The van der Waals surface area contributed by atoms with E-state index in [0.717, 1.165) is 23.1 Å². The zero-order valence-corrected chi connectivity index (χ0v) is 16.4. The first-order valence-corrected chi connectivity index (χ1v) is 8.84. The number of esters is 1. The van der Waals surface area contributed by atoms with Crippen LogP contribution in [0.25, 0.3) is 6.08 Å². The van der Waals surface area contributed by atoms with Gasteiger partial charge in [-0.2, -0.15) is 0 Å². The van der Waals surface area contributed by atoms with E-state index < -0.39 is 35.4 Å². The number of carbonyl (C=O) groups is 4. The number of ether oxygens (including phenoxy) is 2. The molecule has 0 bridgehead atoms. The molecule has 13 nitrogen and oxygen atoms in total. The van der Waals surface area contributed by atoms with Crippen molar-refractivity contribution in [2.24, 2.45) is 0 Å². The number of aliphatic carboxylic acids is 1. The van der Waals surface area contributed by atoms with Gasteiger partial charge in [-0.15, -0.1) is 0 Å². The number of carboxylic acid groups (broad SMARTS) is 1. The third-order valence-electron chi connectivity index (χ3n) is 4.18. The summed E-state index contributed by atoms with van der Waals surface area (Å²) in [4.78, 5) is 58.4. The average Bonchev–Trinajstić information content (AvgIpc) is 3.32. The van der Waals surface area contributed by atoms with Crippen LogP contribution in [0.3, 0.4) is 0 Å².